The maximum Gasteiger partial charge on any atom is 0.309 e. The van der Waals surface area contributed by atoms with Crippen LogP contribution in [0.3, 0.4) is 0 Å². The molecule has 0 spiro atoms. The summed E-state index contributed by atoms with van der Waals surface area (Å²) in [6.45, 7) is 7.32. The zero-order chi connectivity index (χ0) is 19.8. The number of fused-ring (bicyclic) bond motifs is 6. The number of aliphatic hydroxyl groups is 1. The van der Waals surface area contributed by atoms with Gasteiger partial charge in [-0.3, -0.25) is 4.79 Å². The van der Waals surface area contributed by atoms with Gasteiger partial charge in [0.05, 0.1) is 12.5 Å². The van der Waals surface area contributed by atoms with Crippen molar-refractivity contribution >= 4 is 5.97 Å². The summed E-state index contributed by atoms with van der Waals surface area (Å²) in [5, 5.41) is 9.29. The van der Waals surface area contributed by atoms with Gasteiger partial charge in [0.2, 0.25) is 0 Å². The van der Waals surface area contributed by atoms with Crippen molar-refractivity contribution in [1.82, 2.24) is 0 Å². The Bertz CT molecular complexity index is 650. The number of aliphatic hydroxyl groups excluding tert-OH is 1. The summed E-state index contributed by atoms with van der Waals surface area (Å²) in [5.41, 5.74) is 0. The summed E-state index contributed by atoms with van der Waals surface area (Å²) in [7, 11) is 0. The highest BCUT2D eigenvalue weighted by atomic mass is 16.9. The van der Waals surface area contributed by atoms with Crippen molar-refractivity contribution in [3.8, 4) is 0 Å². The molecule has 6 heterocycles. The topological polar surface area (TPSA) is 111 Å². The molecule has 0 aromatic heterocycles. The van der Waals surface area contributed by atoms with Crippen molar-refractivity contribution in [2.75, 3.05) is 0 Å². The molecule has 0 saturated carbocycles. The Labute approximate surface area is 162 Å². The Morgan fingerprint density at radius 1 is 0.786 bits per heavy atom. The van der Waals surface area contributed by atoms with Crippen LogP contribution in [0.1, 0.15) is 40.5 Å². The Kier molecular flexibility index (Phi) is 4.32. The highest BCUT2D eigenvalue weighted by Crippen LogP contribution is 2.43. The first-order valence-corrected chi connectivity index (χ1v) is 9.65. The lowest BCUT2D eigenvalue weighted by atomic mass is 10.1. The van der Waals surface area contributed by atoms with E-state index in [1.807, 2.05) is 27.7 Å². The van der Waals surface area contributed by atoms with Crippen molar-refractivity contribution in [3.05, 3.63) is 0 Å². The van der Waals surface area contributed by atoms with Crippen molar-refractivity contribution in [2.45, 2.75) is 108 Å². The van der Waals surface area contributed by atoms with Crippen LogP contribution in [-0.4, -0.2) is 78.1 Å². The van der Waals surface area contributed by atoms with Crippen molar-refractivity contribution in [3.63, 3.8) is 0 Å². The predicted octanol–water partition coefficient (Wildman–Crippen LogP) is 0.148. The molecule has 158 valence electrons. The number of rotatable bonds is 0. The highest BCUT2D eigenvalue weighted by Gasteiger charge is 2.60. The molecule has 0 aliphatic carbocycles. The van der Waals surface area contributed by atoms with Crippen LogP contribution in [-0.2, 0) is 42.7 Å². The van der Waals surface area contributed by atoms with E-state index in [0.29, 0.717) is 12.8 Å². The molecule has 6 aliphatic heterocycles. The van der Waals surface area contributed by atoms with Gasteiger partial charge in [-0.2, -0.15) is 0 Å². The monoisotopic (exact) mass is 402 g/mol. The van der Waals surface area contributed by atoms with Gasteiger partial charge >= 0.3 is 5.97 Å². The van der Waals surface area contributed by atoms with Gasteiger partial charge in [0.1, 0.15) is 18.3 Å². The Balaban J connectivity index is 0.000000122. The van der Waals surface area contributed by atoms with E-state index in [0.717, 1.165) is 0 Å². The summed E-state index contributed by atoms with van der Waals surface area (Å²) < 4.78 is 43.9. The summed E-state index contributed by atoms with van der Waals surface area (Å²) in [6, 6.07) is 0. The minimum absolute atomic E-state index is 0.0869. The van der Waals surface area contributed by atoms with E-state index in [1.54, 1.807) is 0 Å². The average Bonchev–Trinajstić information content (AvgIpc) is 3.32. The predicted molar refractivity (Wildman–Crippen MR) is 87.4 cm³/mol. The molecule has 1 N–H and O–H groups in total. The van der Waals surface area contributed by atoms with Crippen LogP contribution in [0.25, 0.3) is 0 Å². The second kappa shape index (κ2) is 6.32. The molecule has 6 rings (SSSR count). The van der Waals surface area contributed by atoms with E-state index in [4.69, 9.17) is 37.9 Å². The van der Waals surface area contributed by atoms with Gasteiger partial charge in [0, 0.05) is 6.42 Å². The van der Waals surface area contributed by atoms with Crippen LogP contribution < -0.4 is 0 Å². The van der Waals surface area contributed by atoms with Crippen molar-refractivity contribution < 1.29 is 47.8 Å². The van der Waals surface area contributed by atoms with Crippen LogP contribution in [0.2, 0.25) is 0 Å². The SMILES string of the molecule is CC1(C)OC2[C@H](O[C@@H]3CC(=O)O[C@H]23)O1.CC1(C)OC2[C@H](O[C@@H]3CC(O)O[C@H]23)O1. The van der Waals surface area contributed by atoms with Crippen LogP contribution in [0.5, 0.6) is 0 Å². The number of carbonyl (C=O) groups is 1. The number of ether oxygens (including phenoxy) is 8. The van der Waals surface area contributed by atoms with Gasteiger partial charge in [-0.05, 0) is 27.7 Å². The average molecular weight is 402 g/mol. The molecule has 6 fully saturated rings. The Morgan fingerprint density at radius 2 is 1.36 bits per heavy atom. The minimum atomic E-state index is -0.724. The van der Waals surface area contributed by atoms with Gasteiger partial charge < -0.3 is 43.0 Å². The molecule has 0 amide bonds. The summed E-state index contributed by atoms with van der Waals surface area (Å²) in [4.78, 5) is 11.0. The van der Waals surface area contributed by atoms with Gasteiger partial charge in [-0.1, -0.05) is 0 Å². The molecule has 10 heteroatoms. The number of esters is 1. The number of carbonyl (C=O) groups excluding carboxylic acids is 1. The Morgan fingerprint density at radius 3 is 2.00 bits per heavy atom. The standard InChI is InChI=1S/C9H14O5.C9H12O5/c2*1-9(2)13-7-6-4(3-5(10)12-6)11-8(7)14-9/h4-8,10H,3H2,1-2H3;4,6-8H,3H2,1-2H3/t4-,5?,6+,7?,8-;4-,6+,7?,8-/m11/s1. The quantitative estimate of drug-likeness (QED) is 0.562. The minimum Gasteiger partial charge on any atom is -0.456 e. The maximum atomic E-state index is 11.0. The lowest BCUT2D eigenvalue weighted by Crippen LogP contribution is -2.32. The third-order valence-electron chi connectivity index (χ3n) is 5.56. The zero-order valence-corrected chi connectivity index (χ0v) is 16.2. The largest absolute Gasteiger partial charge is 0.456 e. The summed E-state index contributed by atoms with van der Waals surface area (Å²) in [6.07, 6.45) is -1.83. The fraction of sp³-hybridized carbons (Fsp3) is 0.944. The third kappa shape index (κ3) is 3.25. The molecule has 6 aliphatic rings. The van der Waals surface area contributed by atoms with Crippen LogP contribution >= 0.6 is 0 Å². The lowest BCUT2D eigenvalue weighted by Gasteiger charge is -2.20. The smallest absolute Gasteiger partial charge is 0.309 e. The van der Waals surface area contributed by atoms with Crippen LogP contribution in [0.15, 0.2) is 0 Å². The van der Waals surface area contributed by atoms with E-state index in [1.165, 1.54) is 0 Å². The molecule has 28 heavy (non-hydrogen) atoms. The summed E-state index contributed by atoms with van der Waals surface area (Å²) >= 11 is 0. The molecule has 0 aromatic rings. The van der Waals surface area contributed by atoms with Crippen molar-refractivity contribution in [1.29, 1.82) is 0 Å². The van der Waals surface area contributed by atoms with Crippen molar-refractivity contribution in [2.24, 2.45) is 0 Å². The molecular weight excluding hydrogens is 376 g/mol. The maximum absolute atomic E-state index is 11.0. The van der Waals surface area contributed by atoms with E-state index in [-0.39, 0.29) is 55.2 Å². The third-order valence-corrected chi connectivity index (χ3v) is 5.56. The van der Waals surface area contributed by atoms with E-state index in [9.17, 15) is 9.90 Å². The molecule has 0 aromatic carbocycles. The van der Waals surface area contributed by atoms with Crippen LogP contribution in [0, 0.1) is 0 Å². The number of hydrogen-bond acceptors (Lipinski definition) is 10. The Hall–Kier alpha value is -0.850. The molecule has 10 nitrogen and oxygen atoms in total. The second-order valence-corrected chi connectivity index (χ2v) is 8.74. The molecule has 9 atom stereocenters. The first kappa shape index (κ1) is 19.1. The van der Waals surface area contributed by atoms with E-state index in [2.05, 4.69) is 0 Å². The second-order valence-electron chi connectivity index (χ2n) is 8.74. The molecule has 0 radical (unpaired) electrons. The van der Waals surface area contributed by atoms with E-state index >= 15 is 0 Å². The summed E-state index contributed by atoms with van der Waals surface area (Å²) in [5.74, 6) is -1.47. The van der Waals surface area contributed by atoms with Gasteiger partial charge in [0.15, 0.2) is 42.7 Å². The molecule has 6 saturated heterocycles. The first-order valence-electron chi connectivity index (χ1n) is 9.65. The fourth-order valence-electron chi connectivity index (χ4n) is 4.55. The lowest BCUT2D eigenvalue weighted by molar-refractivity contribution is -0.210. The molecule has 0 bridgehead atoms. The van der Waals surface area contributed by atoms with E-state index < -0.39 is 17.9 Å². The number of hydrogen-bond donors (Lipinski definition) is 1. The zero-order valence-electron chi connectivity index (χ0n) is 16.2. The normalized spacial score (nSPS) is 51.8. The highest BCUT2D eigenvalue weighted by molar-refractivity contribution is 5.73. The fourth-order valence-corrected chi connectivity index (χ4v) is 4.55. The first-order chi connectivity index (χ1) is 13.1. The van der Waals surface area contributed by atoms with Gasteiger partial charge in [-0.25, -0.2) is 0 Å². The van der Waals surface area contributed by atoms with Gasteiger partial charge in [-0.15, -0.1) is 0 Å². The molecular formula is C18H26O10. The molecule has 3 unspecified atom stereocenters. The van der Waals surface area contributed by atoms with Gasteiger partial charge in [0.25, 0.3) is 0 Å². The van der Waals surface area contributed by atoms with Crippen LogP contribution in [0.4, 0.5) is 0 Å².